The first-order valence-electron chi connectivity index (χ1n) is 6.90. The van der Waals surface area contributed by atoms with Crippen LogP contribution in [0.5, 0.6) is 0 Å². The van der Waals surface area contributed by atoms with Crippen LogP contribution >= 0.6 is 0 Å². The minimum absolute atomic E-state index is 0.00620. The highest BCUT2D eigenvalue weighted by Crippen LogP contribution is 2.29. The van der Waals surface area contributed by atoms with Gasteiger partial charge in [0.2, 0.25) is 0 Å². The molecule has 1 aromatic rings. The van der Waals surface area contributed by atoms with Crippen molar-refractivity contribution >= 4 is 0 Å². The van der Waals surface area contributed by atoms with E-state index in [1.54, 1.807) is 6.07 Å². The first-order valence-corrected chi connectivity index (χ1v) is 6.90. The first-order chi connectivity index (χ1) is 9.05. The summed E-state index contributed by atoms with van der Waals surface area (Å²) in [6, 6.07) is 4.88. The van der Waals surface area contributed by atoms with Gasteiger partial charge in [-0.2, -0.15) is 0 Å². The van der Waals surface area contributed by atoms with Gasteiger partial charge in [-0.05, 0) is 62.8 Å². The van der Waals surface area contributed by atoms with Crippen LogP contribution in [-0.2, 0) is 11.2 Å². The fourth-order valence-corrected chi connectivity index (χ4v) is 2.76. The first kappa shape index (κ1) is 14.4. The van der Waals surface area contributed by atoms with Gasteiger partial charge >= 0.3 is 0 Å². The summed E-state index contributed by atoms with van der Waals surface area (Å²) in [5, 5.41) is 0. The number of nitrogens with two attached hydrogens (primary N) is 1. The molecule has 106 valence electrons. The van der Waals surface area contributed by atoms with E-state index in [-0.39, 0.29) is 17.5 Å². The van der Waals surface area contributed by atoms with Gasteiger partial charge in [0.05, 0.1) is 11.6 Å². The SMILES string of the molecule is Cc1ccc(F)cc1CC(NN)C1(C)CCCCO1. The van der Waals surface area contributed by atoms with E-state index in [4.69, 9.17) is 10.6 Å². The zero-order chi connectivity index (χ0) is 13.9. The molecule has 3 nitrogen and oxygen atoms in total. The molecule has 1 aliphatic heterocycles. The van der Waals surface area contributed by atoms with Crippen molar-refractivity contribution in [3.63, 3.8) is 0 Å². The quantitative estimate of drug-likeness (QED) is 0.650. The Labute approximate surface area is 114 Å². The predicted molar refractivity (Wildman–Crippen MR) is 74.2 cm³/mol. The molecular formula is C15H23FN2O. The van der Waals surface area contributed by atoms with E-state index in [0.29, 0.717) is 6.42 Å². The van der Waals surface area contributed by atoms with Crippen LogP contribution in [0.15, 0.2) is 18.2 Å². The molecule has 1 aliphatic rings. The maximum atomic E-state index is 13.4. The van der Waals surface area contributed by atoms with Crippen molar-refractivity contribution in [2.24, 2.45) is 5.84 Å². The topological polar surface area (TPSA) is 47.3 Å². The molecule has 0 radical (unpaired) electrons. The number of aryl methyl sites for hydroxylation is 1. The number of nitrogens with one attached hydrogen (secondary N) is 1. The molecule has 0 aromatic heterocycles. The Hall–Kier alpha value is -0.970. The van der Waals surface area contributed by atoms with E-state index in [1.807, 2.05) is 13.0 Å². The van der Waals surface area contributed by atoms with Crippen LogP contribution in [0, 0.1) is 12.7 Å². The van der Waals surface area contributed by atoms with E-state index >= 15 is 0 Å². The van der Waals surface area contributed by atoms with Gasteiger partial charge in [0.1, 0.15) is 5.82 Å². The third-order valence-electron chi connectivity index (χ3n) is 4.17. The molecule has 0 bridgehead atoms. The molecule has 4 heteroatoms. The Kier molecular flexibility index (Phi) is 4.55. The number of rotatable bonds is 4. The maximum absolute atomic E-state index is 13.4. The van der Waals surface area contributed by atoms with Gasteiger partial charge < -0.3 is 4.74 Å². The average Bonchev–Trinajstić information content (AvgIpc) is 2.40. The average molecular weight is 266 g/mol. The fourth-order valence-electron chi connectivity index (χ4n) is 2.76. The predicted octanol–water partition coefficient (Wildman–Crippen LogP) is 2.47. The van der Waals surface area contributed by atoms with Crippen LogP contribution in [-0.4, -0.2) is 18.2 Å². The Balaban J connectivity index is 2.16. The standard InChI is InChI=1S/C15H23FN2O/c1-11-5-6-13(16)9-12(11)10-14(18-17)15(2)7-3-4-8-19-15/h5-6,9,14,18H,3-4,7-8,10,17H2,1-2H3. The van der Waals surface area contributed by atoms with Gasteiger partial charge in [-0.25, -0.2) is 4.39 Å². The fraction of sp³-hybridized carbons (Fsp3) is 0.600. The minimum atomic E-state index is -0.272. The maximum Gasteiger partial charge on any atom is 0.123 e. The molecule has 0 saturated carbocycles. The lowest BCUT2D eigenvalue weighted by Crippen LogP contribution is -2.55. The molecule has 2 rings (SSSR count). The van der Waals surface area contributed by atoms with Crippen LogP contribution in [0.4, 0.5) is 4.39 Å². The Morgan fingerprint density at radius 1 is 1.47 bits per heavy atom. The second-order valence-electron chi connectivity index (χ2n) is 5.61. The third kappa shape index (κ3) is 3.32. The van der Waals surface area contributed by atoms with Gasteiger partial charge in [-0.3, -0.25) is 11.3 Å². The number of hydrogen-bond acceptors (Lipinski definition) is 3. The van der Waals surface area contributed by atoms with E-state index in [1.165, 1.54) is 6.07 Å². The number of hydrazine groups is 1. The van der Waals surface area contributed by atoms with Gasteiger partial charge in [-0.1, -0.05) is 6.07 Å². The van der Waals surface area contributed by atoms with Crippen molar-refractivity contribution in [3.05, 3.63) is 35.1 Å². The van der Waals surface area contributed by atoms with Crippen molar-refractivity contribution in [1.29, 1.82) is 0 Å². The smallest absolute Gasteiger partial charge is 0.123 e. The molecule has 0 amide bonds. The van der Waals surface area contributed by atoms with Gasteiger partial charge in [0.15, 0.2) is 0 Å². The Bertz CT molecular complexity index is 430. The van der Waals surface area contributed by atoms with Crippen LogP contribution < -0.4 is 11.3 Å². The Morgan fingerprint density at radius 3 is 2.89 bits per heavy atom. The van der Waals surface area contributed by atoms with Crippen LogP contribution in [0.1, 0.15) is 37.3 Å². The molecule has 0 spiro atoms. The van der Waals surface area contributed by atoms with E-state index in [9.17, 15) is 4.39 Å². The van der Waals surface area contributed by atoms with E-state index in [2.05, 4.69) is 12.3 Å². The van der Waals surface area contributed by atoms with Crippen molar-refractivity contribution in [3.8, 4) is 0 Å². The normalized spacial score (nSPS) is 25.3. The van der Waals surface area contributed by atoms with Crippen molar-refractivity contribution in [1.82, 2.24) is 5.43 Å². The lowest BCUT2D eigenvalue weighted by atomic mass is 9.84. The largest absolute Gasteiger partial charge is 0.374 e. The zero-order valence-electron chi connectivity index (χ0n) is 11.7. The molecule has 1 fully saturated rings. The summed E-state index contributed by atoms with van der Waals surface area (Å²) < 4.78 is 19.3. The van der Waals surface area contributed by atoms with E-state index < -0.39 is 0 Å². The van der Waals surface area contributed by atoms with Crippen molar-refractivity contribution in [2.75, 3.05) is 6.61 Å². The number of ether oxygens (including phenoxy) is 1. The molecule has 3 N–H and O–H groups in total. The highest BCUT2D eigenvalue weighted by molar-refractivity contribution is 5.28. The van der Waals surface area contributed by atoms with Crippen LogP contribution in [0.3, 0.4) is 0 Å². The summed E-state index contributed by atoms with van der Waals surface area (Å²) in [5.74, 6) is 5.50. The molecule has 1 aromatic carbocycles. The number of halogens is 1. The summed E-state index contributed by atoms with van der Waals surface area (Å²) in [4.78, 5) is 0. The number of benzene rings is 1. The summed E-state index contributed by atoms with van der Waals surface area (Å²) in [5.41, 5.74) is 4.66. The molecule has 1 heterocycles. The molecule has 1 saturated heterocycles. The zero-order valence-corrected chi connectivity index (χ0v) is 11.7. The second-order valence-corrected chi connectivity index (χ2v) is 5.61. The number of hydrogen-bond donors (Lipinski definition) is 2. The molecule has 2 unspecified atom stereocenters. The van der Waals surface area contributed by atoms with Gasteiger partial charge in [-0.15, -0.1) is 0 Å². The molecule has 2 atom stereocenters. The lowest BCUT2D eigenvalue weighted by Gasteiger charge is -2.40. The van der Waals surface area contributed by atoms with Crippen molar-refractivity contribution in [2.45, 2.75) is 51.2 Å². The highest BCUT2D eigenvalue weighted by atomic mass is 19.1. The highest BCUT2D eigenvalue weighted by Gasteiger charge is 2.36. The van der Waals surface area contributed by atoms with E-state index in [0.717, 1.165) is 37.0 Å². The summed E-state index contributed by atoms with van der Waals surface area (Å²) in [7, 11) is 0. The van der Waals surface area contributed by atoms with Crippen LogP contribution in [0.25, 0.3) is 0 Å². The molecule has 0 aliphatic carbocycles. The van der Waals surface area contributed by atoms with Crippen molar-refractivity contribution < 1.29 is 9.13 Å². The second kappa shape index (κ2) is 5.99. The van der Waals surface area contributed by atoms with Gasteiger partial charge in [0.25, 0.3) is 0 Å². The molecule has 19 heavy (non-hydrogen) atoms. The summed E-state index contributed by atoms with van der Waals surface area (Å²) in [6.45, 7) is 4.86. The monoisotopic (exact) mass is 266 g/mol. The minimum Gasteiger partial charge on any atom is -0.374 e. The van der Waals surface area contributed by atoms with Gasteiger partial charge in [0, 0.05) is 6.61 Å². The summed E-state index contributed by atoms with van der Waals surface area (Å²) >= 11 is 0. The third-order valence-corrected chi connectivity index (χ3v) is 4.17. The lowest BCUT2D eigenvalue weighted by molar-refractivity contribution is -0.0884. The van der Waals surface area contributed by atoms with Crippen LogP contribution in [0.2, 0.25) is 0 Å². The summed E-state index contributed by atoms with van der Waals surface area (Å²) in [6.07, 6.45) is 3.91. The molecular weight excluding hydrogens is 243 g/mol. The Morgan fingerprint density at radius 2 is 2.26 bits per heavy atom.